The fraction of sp³-hybridized carbons (Fsp3) is 0. The lowest BCUT2D eigenvalue weighted by Crippen LogP contribution is -1.99. The molecule has 0 amide bonds. The van der Waals surface area contributed by atoms with Crippen molar-refractivity contribution in [3.8, 4) is 11.1 Å². The highest BCUT2D eigenvalue weighted by Crippen LogP contribution is 2.43. The topological polar surface area (TPSA) is 37.3 Å². The fourth-order valence-electron chi connectivity index (χ4n) is 1.67. The summed E-state index contributed by atoms with van der Waals surface area (Å²) >= 11 is 13.9. The summed E-state index contributed by atoms with van der Waals surface area (Å²) in [6.45, 7) is 0. The van der Waals surface area contributed by atoms with Crippen molar-refractivity contribution in [2.75, 3.05) is 0 Å². The maximum absolute atomic E-state index is 11.3. The Morgan fingerprint density at radius 3 is 2.16 bits per heavy atom. The Hall–Kier alpha value is -0.170. The molecule has 1 N–H and O–H groups in total. The Morgan fingerprint density at radius 1 is 0.895 bits per heavy atom. The molecule has 0 atom stereocenters. The molecule has 0 fully saturated rings. The molecule has 0 bridgehead atoms. The average Bonchev–Trinajstić information content (AvgIpc) is 2.40. The second-order valence-electron chi connectivity index (χ2n) is 3.70. The molecule has 0 heterocycles. The first-order valence-corrected chi connectivity index (χ1v) is 8.26. The molecule has 0 radical (unpaired) electrons. The van der Waals surface area contributed by atoms with E-state index in [4.69, 9.17) is 0 Å². The normalized spacial score (nSPS) is 10.5. The van der Waals surface area contributed by atoms with Crippen molar-refractivity contribution in [1.82, 2.24) is 0 Å². The number of halogens is 4. The highest BCUT2D eigenvalue weighted by molar-refractivity contribution is 9.15. The molecule has 98 valence electrons. The molecule has 0 aliphatic rings. The summed E-state index contributed by atoms with van der Waals surface area (Å²) in [6.07, 6.45) is 0. The van der Waals surface area contributed by atoms with Crippen LogP contribution in [0.1, 0.15) is 10.4 Å². The van der Waals surface area contributed by atoms with Gasteiger partial charge >= 0.3 is 5.97 Å². The first-order chi connectivity index (χ1) is 8.93. The van der Waals surface area contributed by atoms with Crippen LogP contribution in [-0.2, 0) is 0 Å². The molecule has 2 aromatic carbocycles. The minimum atomic E-state index is -0.947. The van der Waals surface area contributed by atoms with Crippen LogP contribution in [0.25, 0.3) is 11.1 Å². The zero-order chi connectivity index (χ0) is 14.2. The van der Waals surface area contributed by atoms with Gasteiger partial charge in [0, 0.05) is 17.9 Å². The highest BCUT2D eigenvalue weighted by atomic mass is 79.9. The van der Waals surface area contributed by atoms with Crippen LogP contribution < -0.4 is 0 Å². The van der Waals surface area contributed by atoms with Crippen LogP contribution in [0.2, 0.25) is 0 Å². The van der Waals surface area contributed by atoms with Crippen molar-refractivity contribution in [2.24, 2.45) is 0 Å². The molecule has 0 saturated heterocycles. The van der Waals surface area contributed by atoms with Crippen LogP contribution in [0, 0.1) is 0 Å². The van der Waals surface area contributed by atoms with Gasteiger partial charge in [-0.3, -0.25) is 0 Å². The van der Waals surface area contributed by atoms with Crippen molar-refractivity contribution in [3.05, 3.63) is 53.8 Å². The van der Waals surface area contributed by atoms with E-state index in [2.05, 4.69) is 63.7 Å². The summed E-state index contributed by atoms with van der Waals surface area (Å²) in [6, 6.07) is 8.78. The summed E-state index contributed by atoms with van der Waals surface area (Å²) in [4.78, 5) is 11.3. The van der Waals surface area contributed by atoms with Crippen molar-refractivity contribution < 1.29 is 9.90 Å². The van der Waals surface area contributed by atoms with Crippen LogP contribution in [0.4, 0.5) is 0 Å². The first kappa shape index (κ1) is 15.2. The zero-order valence-electron chi connectivity index (χ0n) is 9.25. The molecule has 0 saturated carbocycles. The van der Waals surface area contributed by atoms with Gasteiger partial charge in [-0.1, -0.05) is 18.2 Å². The number of carboxylic acids is 1. The molecule has 2 aromatic rings. The van der Waals surface area contributed by atoms with Gasteiger partial charge in [-0.05, 0) is 87.0 Å². The predicted molar refractivity (Wildman–Crippen MR) is 89.6 cm³/mol. The summed E-state index contributed by atoms with van der Waals surface area (Å²) in [5.41, 5.74) is 1.74. The molecule has 0 aliphatic heterocycles. The minimum Gasteiger partial charge on any atom is -0.478 e. The Morgan fingerprint density at radius 2 is 1.53 bits per heavy atom. The van der Waals surface area contributed by atoms with Gasteiger partial charge in [0.15, 0.2) is 0 Å². The average molecular weight is 514 g/mol. The van der Waals surface area contributed by atoms with E-state index >= 15 is 0 Å². The lowest BCUT2D eigenvalue weighted by atomic mass is 10.00. The molecule has 2 rings (SSSR count). The maximum Gasteiger partial charge on any atom is 0.336 e. The van der Waals surface area contributed by atoms with Gasteiger partial charge in [-0.25, -0.2) is 4.79 Å². The van der Waals surface area contributed by atoms with E-state index in [9.17, 15) is 9.90 Å². The maximum atomic E-state index is 11.3. The molecule has 0 unspecified atom stereocenters. The molecule has 0 aromatic heterocycles. The van der Waals surface area contributed by atoms with Gasteiger partial charge in [-0.2, -0.15) is 0 Å². The van der Waals surface area contributed by atoms with E-state index in [-0.39, 0.29) is 5.56 Å². The van der Waals surface area contributed by atoms with Gasteiger partial charge in [-0.15, -0.1) is 0 Å². The van der Waals surface area contributed by atoms with Gasteiger partial charge in [0.2, 0.25) is 0 Å². The van der Waals surface area contributed by atoms with Crippen LogP contribution in [0.3, 0.4) is 0 Å². The number of rotatable bonds is 2. The third kappa shape index (κ3) is 2.96. The summed E-state index contributed by atoms with van der Waals surface area (Å²) in [7, 11) is 0. The lowest BCUT2D eigenvalue weighted by molar-refractivity contribution is 0.0697. The standard InChI is InChI=1S/C13H6Br4O2/c14-9-5-8(10(15)12(17)11(9)16)6-3-1-2-4-7(6)13(18)19/h1-5H,(H,18,19). The lowest BCUT2D eigenvalue weighted by Gasteiger charge is -2.12. The molecule has 6 heteroatoms. The van der Waals surface area contributed by atoms with Crippen LogP contribution in [-0.4, -0.2) is 11.1 Å². The Balaban J connectivity index is 2.77. The van der Waals surface area contributed by atoms with E-state index in [1.54, 1.807) is 18.2 Å². The Labute approximate surface area is 143 Å². The van der Waals surface area contributed by atoms with E-state index in [0.717, 1.165) is 23.5 Å². The SMILES string of the molecule is O=C(O)c1ccccc1-c1cc(Br)c(Br)c(Br)c1Br. The number of carbonyl (C=O) groups is 1. The van der Waals surface area contributed by atoms with E-state index in [1.807, 2.05) is 12.1 Å². The minimum absolute atomic E-state index is 0.268. The zero-order valence-corrected chi connectivity index (χ0v) is 15.6. The fourth-order valence-corrected chi connectivity index (χ4v) is 3.90. The van der Waals surface area contributed by atoms with Gasteiger partial charge < -0.3 is 5.11 Å². The Bertz CT molecular complexity index is 668. The molecule has 2 nitrogen and oxygen atoms in total. The molecule has 0 aliphatic carbocycles. The Kier molecular flexibility index (Phi) is 4.87. The van der Waals surface area contributed by atoms with Crippen molar-refractivity contribution in [1.29, 1.82) is 0 Å². The van der Waals surface area contributed by atoms with Crippen molar-refractivity contribution in [2.45, 2.75) is 0 Å². The number of carboxylic acid groups (broad SMARTS) is 1. The predicted octanol–water partition coefficient (Wildman–Crippen LogP) is 6.10. The van der Waals surface area contributed by atoms with Gasteiger partial charge in [0.25, 0.3) is 0 Å². The summed E-state index contributed by atoms with van der Waals surface area (Å²) in [5, 5.41) is 9.26. The quantitative estimate of drug-likeness (QED) is 0.389. The third-order valence-corrected chi connectivity index (χ3v) is 7.21. The van der Waals surface area contributed by atoms with E-state index in [1.165, 1.54) is 0 Å². The summed E-state index contributed by atoms with van der Waals surface area (Å²) in [5.74, 6) is -0.947. The van der Waals surface area contributed by atoms with E-state index in [0.29, 0.717) is 5.56 Å². The van der Waals surface area contributed by atoms with Crippen LogP contribution >= 0.6 is 63.7 Å². The number of hydrogen-bond donors (Lipinski definition) is 1. The van der Waals surface area contributed by atoms with Crippen molar-refractivity contribution >= 4 is 69.7 Å². The molecule has 0 spiro atoms. The number of benzene rings is 2. The van der Waals surface area contributed by atoms with Gasteiger partial charge in [0.05, 0.1) is 5.56 Å². The highest BCUT2D eigenvalue weighted by Gasteiger charge is 2.17. The molecular weight excluding hydrogens is 508 g/mol. The molecule has 19 heavy (non-hydrogen) atoms. The third-order valence-electron chi connectivity index (χ3n) is 2.55. The molecular formula is C13H6Br4O2. The summed E-state index contributed by atoms with van der Waals surface area (Å²) < 4.78 is 3.35. The second kappa shape index (κ2) is 6.08. The first-order valence-electron chi connectivity index (χ1n) is 5.09. The number of aromatic carboxylic acids is 1. The van der Waals surface area contributed by atoms with Crippen LogP contribution in [0.15, 0.2) is 48.2 Å². The monoisotopic (exact) mass is 510 g/mol. The van der Waals surface area contributed by atoms with Crippen molar-refractivity contribution in [3.63, 3.8) is 0 Å². The smallest absolute Gasteiger partial charge is 0.336 e. The second-order valence-corrected chi connectivity index (χ2v) is 6.93. The largest absolute Gasteiger partial charge is 0.478 e. The number of hydrogen-bond acceptors (Lipinski definition) is 1. The van der Waals surface area contributed by atoms with Gasteiger partial charge in [0.1, 0.15) is 0 Å². The van der Waals surface area contributed by atoms with E-state index < -0.39 is 5.97 Å². The van der Waals surface area contributed by atoms with Crippen LogP contribution in [0.5, 0.6) is 0 Å².